The highest BCUT2D eigenvalue weighted by atomic mass is 19.4. The lowest BCUT2D eigenvalue weighted by molar-refractivity contribution is -0.137. The van der Waals surface area contributed by atoms with Crippen LogP contribution in [0.25, 0.3) is 0 Å². The zero-order chi connectivity index (χ0) is 17.0. The number of amides is 1. The van der Waals surface area contributed by atoms with Gasteiger partial charge in [-0.15, -0.1) is 0 Å². The van der Waals surface area contributed by atoms with Crippen molar-refractivity contribution in [1.82, 2.24) is 4.73 Å². The van der Waals surface area contributed by atoms with E-state index < -0.39 is 17.6 Å². The Bertz CT molecular complexity index is 782. The summed E-state index contributed by atoms with van der Waals surface area (Å²) in [5.74, 6) is -0.955. The number of rotatable bonds is 3. The number of hydrogen-bond acceptors (Lipinski definition) is 3. The number of aromatic nitrogens is 1. The first-order chi connectivity index (χ1) is 10.8. The van der Waals surface area contributed by atoms with Crippen LogP contribution in [-0.2, 0) is 6.18 Å². The summed E-state index contributed by atoms with van der Waals surface area (Å²) in [4.78, 5) is 15.8. The average molecular weight is 326 g/mol. The molecule has 0 atom stereocenters. The van der Waals surface area contributed by atoms with Gasteiger partial charge in [0.15, 0.2) is 5.49 Å². The van der Waals surface area contributed by atoms with Gasteiger partial charge in [-0.3, -0.25) is 4.79 Å². The maximum absolute atomic E-state index is 12.8. The molecule has 23 heavy (non-hydrogen) atoms. The number of benzene rings is 1. The van der Waals surface area contributed by atoms with Crippen molar-refractivity contribution >= 4 is 5.91 Å². The summed E-state index contributed by atoms with van der Waals surface area (Å²) in [6.07, 6.45) is -3.36. The summed E-state index contributed by atoms with van der Waals surface area (Å²) in [6, 6.07) is 6.95. The Morgan fingerprint density at radius 3 is 2.65 bits per heavy atom. The molecule has 2 aromatic rings. The van der Waals surface area contributed by atoms with Gasteiger partial charge in [0, 0.05) is 6.20 Å². The first kappa shape index (κ1) is 16.6. The van der Waals surface area contributed by atoms with E-state index in [4.69, 9.17) is 4.74 Å². The molecule has 2 rings (SSSR count). The van der Waals surface area contributed by atoms with Crippen LogP contribution in [-0.4, -0.2) is 22.5 Å². The van der Waals surface area contributed by atoms with Crippen molar-refractivity contribution in [3.63, 3.8) is 0 Å². The van der Waals surface area contributed by atoms with E-state index in [0.29, 0.717) is 10.8 Å². The number of halogens is 3. The molecule has 0 unspecified atom stereocenters. The number of nitrogens with zero attached hydrogens (tertiary/aromatic N) is 2. The minimum Gasteiger partial charge on any atom is -0.493 e. The van der Waals surface area contributed by atoms with Crippen LogP contribution in [0.4, 0.5) is 13.2 Å². The maximum atomic E-state index is 12.8. The quantitative estimate of drug-likeness (QED) is 0.882. The Morgan fingerprint density at radius 2 is 2.04 bits per heavy atom. The van der Waals surface area contributed by atoms with E-state index in [-0.39, 0.29) is 23.4 Å². The highest BCUT2D eigenvalue weighted by Crippen LogP contribution is 2.32. The zero-order valence-electron chi connectivity index (χ0n) is 12.0. The number of carbonyl (C=O) groups is 1. The lowest BCUT2D eigenvalue weighted by Crippen LogP contribution is -2.19. The number of pyridine rings is 1. The number of ether oxygens (including phenoxy) is 1. The van der Waals surface area contributed by atoms with Crippen molar-refractivity contribution in [2.45, 2.75) is 13.1 Å². The summed E-state index contributed by atoms with van der Waals surface area (Å²) in [6.45, 7) is 1.82. The molecule has 0 fully saturated rings. The van der Waals surface area contributed by atoms with Crippen molar-refractivity contribution in [3.05, 3.63) is 59.2 Å². The van der Waals surface area contributed by atoms with Crippen molar-refractivity contribution < 1.29 is 27.9 Å². The van der Waals surface area contributed by atoms with Crippen LogP contribution in [0.3, 0.4) is 0 Å². The summed E-state index contributed by atoms with van der Waals surface area (Å²) >= 11 is 0. The molecule has 1 N–H and O–H groups in total. The molecule has 0 aliphatic rings. The lowest BCUT2D eigenvalue weighted by Gasteiger charge is -2.11. The van der Waals surface area contributed by atoms with Gasteiger partial charge in [0.1, 0.15) is 5.75 Å². The van der Waals surface area contributed by atoms with Gasteiger partial charge in [0.05, 0.1) is 17.7 Å². The van der Waals surface area contributed by atoms with Crippen molar-refractivity contribution in [1.29, 1.82) is 0 Å². The predicted molar refractivity (Wildman–Crippen MR) is 74.1 cm³/mol. The SMILES string of the molecule is CCOc1ccc(C(F)(F)F)cc1C(=O)N=c1ccccn1O. The molecule has 122 valence electrons. The number of alkyl halides is 3. The molecule has 1 aromatic carbocycles. The normalized spacial score (nSPS) is 12.3. The highest BCUT2D eigenvalue weighted by Gasteiger charge is 2.32. The van der Waals surface area contributed by atoms with Gasteiger partial charge in [0.2, 0.25) is 0 Å². The first-order valence-electron chi connectivity index (χ1n) is 6.63. The smallest absolute Gasteiger partial charge is 0.416 e. The van der Waals surface area contributed by atoms with E-state index in [1.54, 1.807) is 6.92 Å². The van der Waals surface area contributed by atoms with Crippen molar-refractivity contribution in [2.75, 3.05) is 6.61 Å². The number of carbonyl (C=O) groups excluding carboxylic acids is 1. The summed E-state index contributed by atoms with van der Waals surface area (Å²) in [7, 11) is 0. The van der Waals surface area contributed by atoms with Crippen LogP contribution in [0.5, 0.6) is 5.75 Å². The summed E-state index contributed by atoms with van der Waals surface area (Å²) < 4.78 is 44.2. The van der Waals surface area contributed by atoms with Crippen LogP contribution in [0.1, 0.15) is 22.8 Å². The third-order valence-corrected chi connectivity index (χ3v) is 2.87. The Labute approximate surface area is 129 Å². The topological polar surface area (TPSA) is 63.8 Å². The lowest BCUT2D eigenvalue weighted by atomic mass is 10.1. The fraction of sp³-hybridized carbons (Fsp3) is 0.200. The standard InChI is InChI=1S/C15H13F3N2O3/c1-2-23-12-7-6-10(15(16,17)18)9-11(12)14(21)19-13-5-3-4-8-20(13)22/h3-9,22H,2H2,1H3. The predicted octanol–water partition coefficient (Wildman–Crippen LogP) is 2.88. The Morgan fingerprint density at radius 1 is 1.30 bits per heavy atom. The Hall–Kier alpha value is -2.77. The highest BCUT2D eigenvalue weighted by molar-refractivity contribution is 5.97. The second-order valence-corrected chi connectivity index (χ2v) is 4.46. The average Bonchev–Trinajstić information content (AvgIpc) is 2.49. The molecule has 0 aliphatic heterocycles. The summed E-state index contributed by atoms with van der Waals surface area (Å²) in [5, 5.41) is 9.52. The fourth-order valence-corrected chi connectivity index (χ4v) is 1.83. The second-order valence-electron chi connectivity index (χ2n) is 4.46. The van der Waals surface area contributed by atoms with Gasteiger partial charge in [-0.05, 0) is 37.3 Å². The molecule has 8 heteroatoms. The minimum absolute atomic E-state index is 0.00493. The molecule has 0 spiro atoms. The van der Waals surface area contributed by atoms with Gasteiger partial charge < -0.3 is 9.94 Å². The van der Waals surface area contributed by atoms with Gasteiger partial charge >= 0.3 is 6.18 Å². The van der Waals surface area contributed by atoms with E-state index >= 15 is 0 Å². The van der Waals surface area contributed by atoms with Crippen LogP contribution < -0.4 is 10.2 Å². The van der Waals surface area contributed by atoms with Crippen LogP contribution >= 0.6 is 0 Å². The van der Waals surface area contributed by atoms with E-state index in [1.165, 1.54) is 24.4 Å². The fourth-order valence-electron chi connectivity index (χ4n) is 1.83. The Kier molecular flexibility index (Phi) is 4.73. The maximum Gasteiger partial charge on any atom is 0.416 e. The van der Waals surface area contributed by atoms with Gasteiger partial charge in [-0.1, -0.05) is 6.07 Å². The largest absolute Gasteiger partial charge is 0.493 e. The molecule has 0 bridgehead atoms. The van der Waals surface area contributed by atoms with E-state index in [2.05, 4.69) is 4.99 Å². The first-order valence-corrected chi connectivity index (χ1v) is 6.63. The van der Waals surface area contributed by atoms with Gasteiger partial charge in [-0.2, -0.15) is 22.9 Å². The van der Waals surface area contributed by atoms with E-state index in [9.17, 15) is 23.2 Å². The molecule has 1 amide bonds. The molecule has 0 saturated carbocycles. The molecule has 0 radical (unpaired) electrons. The number of hydrogen-bond donors (Lipinski definition) is 1. The zero-order valence-corrected chi connectivity index (χ0v) is 12.0. The third kappa shape index (κ3) is 3.91. The summed E-state index contributed by atoms with van der Waals surface area (Å²) in [5.41, 5.74) is -1.42. The molecule has 5 nitrogen and oxygen atoms in total. The molecule has 1 heterocycles. The van der Waals surface area contributed by atoms with E-state index in [1.807, 2.05) is 0 Å². The minimum atomic E-state index is -4.59. The van der Waals surface area contributed by atoms with Gasteiger partial charge in [0.25, 0.3) is 5.91 Å². The van der Waals surface area contributed by atoms with Gasteiger partial charge in [-0.25, -0.2) is 0 Å². The second kappa shape index (κ2) is 6.55. The molecule has 1 aromatic heterocycles. The monoisotopic (exact) mass is 326 g/mol. The van der Waals surface area contributed by atoms with Crippen LogP contribution in [0.2, 0.25) is 0 Å². The molecule has 0 saturated heterocycles. The van der Waals surface area contributed by atoms with Crippen LogP contribution in [0.15, 0.2) is 47.6 Å². The Balaban J connectivity index is 2.53. The molecule has 0 aliphatic carbocycles. The van der Waals surface area contributed by atoms with E-state index in [0.717, 1.165) is 12.1 Å². The third-order valence-electron chi connectivity index (χ3n) is 2.87. The van der Waals surface area contributed by atoms with Crippen molar-refractivity contribution in [2.24, 2.45) is 4.99 Å². The molecular weight excluding hydrogens is 313 g/mol. The molecular formula is C15H13F3N2O3. The van der Waals surface area contributed by atoms with Crippen LogP contribution in [0, 0.1) is 0 Å². The van der Waals surface area contributed by atoms with Crippen molar-refractivity contribution in [3.8, 4) is 5.75 Å².